The van der Waals surface area contributed by atoms with Crippen LogP contribution in [0.25, 0.3) is 0 Å². The number of rotatable bonds is 5. The first-order valence-electron chi connectivity index (χ1n) is 7.71. The molecule has 2 unspecified atom stereocenters. The van der Waals surface area contributed by atoms with Crippen molar-refractivity contribution in [2.24, 2.45) is 11.7 Å². The van der Waals surface area contributed by atoms with Gasteiger partial charge in [-0.1, -0.05) is 13.3 Å². The van der Waals surface area contributed by atoms with Gasteiger partial charge in [-0.3, -0.25) is 0 Å². The molecule has 2 atom stereocenters. The van der Waals surface area contributed by atoms with Crippen molar-refractivity contribution in [1.82, 2.24) is 0 Å². The van der Waals surface area contributed by atoms with Gasteiger partial charge in [0.2, 0.25) is 0 Å². The van der Waals surface area contributed by atoms with Gasteiger partial charge in [-0.2, -0.15) is 11.8 Å². The molecule has 0 bridgehead atoms. The van der Waals surface area contributed by atoms with Crippen LogP contribution < -0.4 is 5.73 Å². The Bertz CT molecular complexity index is 235. The van der Waals surface area contributed by atoms with Gasteiger partial charge in [0.25, 0.3) is 0 Å². The van der Waals surface area contributed by atoms with E-state index in [1.54, 1.807) is 0 Å². The second-order valence-corrected chi connectivity index (χ2v) is 7.35. The van der Waals surface area contributed by atoms with Crippen molar-refractivity contribution < 1.29 is 4.74 Å². The zero-order chi connectivity index (χ0) is 12.8. The van der Waals surface area contributed by atoms with Crippen LogP contribution >= 0.6 is 11.8 Å². The fraction of sp³-hybridized carbons (Fsp3) is 1.00. The third kappa shape index (κ3) is 4.14. The van der Waals surface area contributed by atoms with Crippen molar-refractivity contribution in [3.8, 4) is 0 Å². The SMILES string of the molecule is CCCC(N)CCC1CCOC2(CCSCC2)C1. The van der Waals surface area contributed by atoms with Crippen molar-refractivity contribution in [3.05, 3.63) is 0 Å². The van der Waals surface area contributed by atoms with Crippen LogP contribution in [0.2, 0.25) is 0 Å². The molecule has 0 aromatic rings. The standard InChI is InChI=1S/C15H29NOS/c1-2-3-14(16)5-4-13-6-9-17-15(12-13)7-10-18-11-8-15/h13-14H,2-12,16H2,1H3. The highest BCUT2D eigenvalue weighted by molar-refractivity contribution is 7.99. The van der Waals surface area contributed by atoms with Gasteiger partial charge < -0.3 is 10.5 Å². The molecule has 106 valence electrons. The number of hydrogen-bond acceptors (Lipinski definition) is 3. The van der Waals surface area contributed by atoms with Gasteiger partial charge in [0.1, 0.15) is 0 Å². The number of ether oxygens (including phenoxy) is 1. The molecule has 2 heterocycles. The quantitative estimate of drug-likeness (QED) is 0.830. The molecule has 2 nitrogen and oxygen atoms in total. The Morgan fingerprint density at radius 3 is 2.83 bits per heavy atom. The number of nitrogens with two attached hydrogens (primary N) is 1. The Kier molecular flexibility index (Phi) is 5.84. The van der Waals surface area contributed by atoms with Gasteiger partial charge in [-0.15, -0.1) is 0 Å². The summed E-state index contributed by atoms with van der Waals surface area (Å²) in [6, 6.07) is 0.427. The minimum Gasteiger partial charge on any atom is -0.375 e. The molecule has 2 rings (SSSR count). The summed E-state index contributed by atoms with van der Waals surface area (Å²) < 4.78 is 6.15. The van der Waals surface area contributed by atoms with Crippen molar-refractivity contribution in [2.75, 3.05) is 18.1 Å². The highest BCUT2D eigenvalue weighted by Crippen LogP contribution is 2.41. The normalized spacial score (nSPS) is 29.3. The van der Waals surface area contributed by atoms with Crippen LogP contribution in [-0.4, -0.2) is 29.8 Å². The fourth-order valence-corrected chi connectivity index (χ4v) is 4.67. The first kappa shape index (κ1) is 14.7. The predicted molar refractivity (Wildman–Crippen MR) is 80.1 cm³/mol. The molecule has 2 N–H and O–H groups in total. The Morgan fingerprint density at radius 1 is 1.33 bits per heavy atom. The lowest BCUT2D eigenvalue weighted by Gasteiger charge is -2.43. The Hall–Kier alpha value is 0.270. The zero-order valence-electron chi connectivity index (χ0n) is 11.8. The third-order valence-electron chi connectivity index (χ3n) is 4.60. The van der Waals surface area contributed by atoms with Gasteiger partial charge in [-0.25, -0.2) is 0 Å². The minimum absolute atomic E-state index is 0.253. The molecule has 0 aliphatic carbocycles. The van der Waals surface area contributed by atoms with E-state index in [1.165, 1.54) is 62.9 Å². The molecule has 3 heteroatoms. The Morgan fingerprint density at radius 2 is 2.11 bits per heavy atom. The van der Waals surface area contributed by atoms with Crippen molar-refractivity contribution in [2.45, 2.75) is 69.9 Å². The van der Waals surface area contributed by atoms with Crippen molar-refractivity contribution >= 4 is 11.8 Å². The Balaban J connectivity index is 1.76. The predicted octanol–water partition coefficient (Wildman–Crippen LogP) is 3.59. The van der Waals surface area contributed by atoms with E-state index < -0.39 is 0 Å². The smallest absolute Gasteiger partial charge is 0.0700 e. The summed E-state index contributed by atoms with van der Waals surface area (Å²) >= 11 is 2.09. The summed E-state index contributed by atoms with van der Waals surface area (Å²) in [4.78, 5) is 0. The maximum atomic E-state index is 6.15. The summed E-state index contributed by atoms with van der Waals surface area (Å²) in [6.45, 7) is 3.21. The van der Waals surface area contributed by atoms with E-state index in [9.17, 15) is 0 Å². The van der Waals surface area contributed by atoms with Gasteiger partial charge in [-0.05, 0) is 62.4 Å². The van der Waals surface area contributed by atoms with Gasteiger partial charge >= 0.3 is 0 Å². The molecule has 0 radical (unpaired) electrons. The number of thioether (sulfide) groups is 1. The maximum Gasteiger partial charge on any atom is 0.0700 e. The highest BCUT2D eigenvalue weighted by atomic mass is 32.2. The maximum absolute atomic E-state index is 6.15. The fourth-order valence-electron chi connectivity index (χ4n) is 3.43. The lowest BCUT2D eigenvalue weighted by Crippen LogP contribution is -2.43. The summed E-state index contributed by atoms with van der Waals surface area (Å²) in [5.74, 6) is 3.45. The Labute approximate surface area is 116 Å². The van der Waals surface area contributed by atoms with Crippen molar-refractivity contribution in [1.29, 1.82) is 0 Å². The molecule has 2 aliphatic rings. The van der Waals surface area contributed by atoms with Crippen LogP contribution in [0.15, 0.2) is 0 Å². The van der Waals surface area contributed by atoms with Gasteiger partial charge in [0.15, 0.2) is 0 Å². The molecule has 1 spiro atoms. The average molecular weight is 271 g/mol. The van der Waals surface area contributed by atoms with E-state index in [1.807, 2.05) is 0 Å². The van der Waals surface area contributed by atoms with Crippen LogP contribution in [0.4, 0.5) is 0 Å². The van der Waals surface area contributed by atoms with E-state index in [2.05, 4.69) is 18.7 Å². The van der Waals surface area contributed by atoms with Gasteiger partial charge in [0.05, 0.1) is 5.60 Å². The van der Waals surface area contributed by atoms with E-state index in [0.717, 1.165) is 12.5 Å². The first-order valence-corrected chi connectivity index (χ1v) is 8.87. The van der Waals surface area contributed by atoms with Crippen LogP contribution in [-0.2, 0) is 4.74 Å². The molecule has 2 aliphatic heterocycles. The van der Waals surface area contributed by atoms with Crippen LogP contribution in [0.3, 0.4) is 0 Å². The molecule has 2 fully saturated rings. The molecule has 2 saturated heterocycles. The summed E-state index contributed by atoms with van der Waals surface area (Å²) in [7, 11) is 0. The largest absolute Gasteiger partial charge is 0.375 e. The minimum atomic E-state index is 0.253. The molecule has 0 saturated carbocycles. The lowest BCUT2D eigenvalue weighted by molar-refractivity contribution is -0.103. The second-order valence-electron chi connectivity index (χ2n) is 6.13. The zero-order valence-corrected chi connectivity index (χ0v) is 12.6. The molecule has 0 aromatic heterocycles. The lowest BCUT2D eigenvalue weighted by atomic mass is 9.79. The topological polar surface area (TPSA) is 35.2 Å². The average Bonchev–Trinajstić information content (AvgIpc) is 2.38. The van der Waals surface area contributed by atoms with E-state index >= 15 is 0 Å². The van der Waals surface area contributed by atoms with E-state index in [-0.39, 0.29) is 5.60 Å². The summed E-state index contributed by atoms with van der Waals surface area (Å²) in [5.41, 5.74) is 6.39. The molecule has 18 heavy (non-hydrogen) atoms. The van der Waals surface area contributed by atoms with Crippen LogP contribution in [0.5, 0.6) is 0 Å². The van der Waals surface area contributed by atoms with Crippen LogP contribution in [0, 0.1) is 5.92 Å². The van der Waals surface area contributed by atoms with Gasteiger partial charge in [0, 0.05) is 12.6 Å². The summed E-state index contributed by atoms with van der Waals surface area (Å²) in [5, 5.41) is 0. The highest BCUT2D eigenvalue weighted by Gasteiger charge is 2.38. The summed E-state index contributed by atoms with van der Waals surface area (Å²) in [6.07, 6.45) is 10.0. The van der Waals surface area contributed by atoms with E-state index in [4.69, 9.17) is 10.5 Å². The van der Waals surface area contributed by atoms with Crippen molar-refractivity contribution in [3.63, 3.8) is 0 Å². The molecule has 0 aromatic carbocycles. The third-order valence-corrected chi connectivity index (χ3v) is 5.59. The second kappa shape index (κ2) is 7.16. The molecular weight excluding hydrogens is 242 g/mol. The monoisotopic (exact) mass is 271 g/mol. The molecular formula is C15H29NOS. The first-order chi connectivity index (χ1) is 8.74. The van der Waals surface area contributed by atoms with Crippen LogP contribution in [0.1, 0.15) is 58.3 Å². The molecule has 0 amide bonds. The van der Waals surface area contributed by atoms with E-state index in [0.29, 0.717) is 6.04 Å². The number of hydrogen-bond donors (Lipinski definition) is 1.